The van der Waals surface area contributed by atoms with Gasteiger partial charge in [0.1, 0.15) is 5.58 Å². The zero-order valence-corrected chi connectivity index (χ0v) is 15.3. The molecule has 1 atom stereocenters. The van der Waals surface area contributed by atoms with Gasteiger partial charge in [-0.1, -0.05) is 17.7 Å². The number of hydrogen-bond acceptors (Lipinski definition) is 5. The fourth-order valence-electron chi connectivity index (χ4n) is 2.57. The van der Waals surface area contributed by atoms with E-state index in [0.29, 0.717) is 32.8 Å². The number of aryl methyl sites for hydroxylation is 1. The van der Waals surface area contributed by atoms with Gasteiger partial charge in [0.15, 0.2) is 6.10 Å². The molecule has 2 aromatic carbocycles. The number of nitrogens with one attached hydrogen (secondary N) is 1. The molecule has 0 aliphatic heterocycles. The van der Waals surface area contributed by atoms with Crippen molar-refractivity contribution in [2.24, 2.45) is 0 Å². The van der Waals surface area contributed by atoms with Crippen LogP contribution in [0.15, 0.2) is 46.9 Å². The van der Waals surface area contributed by atoms with Crippen molar-refractivity contribution in [3.63, 3.8) is 0 Å². The first-order chi connectivity index (χ1) is 12.9. The Morgan fingerprint density at radius 1 is 1.26 bits per heavy atom. The fraction of sp³-hybridized carbons (Fsp3) is 0.150. The molecule has 0 saturated heterocycles. The maximum absolute atomic E-state index is 12.4. The van der Waals surface area contributed by atoms with Crippen molar-refractivity contribution in [3.8, 4) is 6.07 Å². The second-order valence-electron chi connectivity index (χ2n) is 5.93. The lowest BCUT2D eigenvalue weighted by atomic mass is 10.1. The van der Waals surface area contributed by atoms with Crippen molar-refractivity contribution < 1.29 is 18.7 Å². The number of rotatable bonds is 4. The molecule has 3 aromatic rings. The van der Waals surface area contributed by atoms with E-state index in [0.717, 1.165) is 0 Å². The van der Waals surface area contributed by atoms with Crippen molar-refractivity contribution in [1.82, 2.24) is 0 Å². The number of amides is 1. The molecule has 6 nitrogen and oxygen atoms in total. The van der Waals surface area contributed by atoms with Crippen LogP contribution in [0.2, 0.25) is 5.02 Å². The Morgan fingerprint density at radius 2 is 2.04 bits per heavy atom. The van der Waals surface area contributed by atoms with Gasteiger partial charge in [0.2, 0.25) is 5.76 Å². The zero-order chi connectivity index (χ0) is 19.6. The number of furan rings is 1. The number of anilines is 1. The van der Waals surface area contributed by atoms with Crippen molar-refractivity contribution >= 4 is 40.1 Å². The molecule has 1 N–H and O–H groups in total. The molecule has 0 spiro atoms. The van der Waals surface area contributed by atoms with Gasteiger partial charge in [-0.05, 0) is 50.2 Å². The quantitative estimate of drug-likeness (QED) is 0.673. The highest BCUT2D eigenvalue weighted by Gasteiger charge is 2.24. The lowest BCUT2D eigenvalue weighted by molar-refractivity contribution is -0.123. The number of ether oxygens (including phenoxy) is 1. The van der Waals surface area contributed by atoms with E-state index in [-0.39, 0.29) is 5.76 Å². The van der Waals surface area contributed by atoms with Gasteiger partial charge in [-0.3, -0.25) is 4.79 Å². The summed E-state index contributed by atoms with van der Waals surface area (Å²) in [4.78, 5) is 24.7. The number of carbonyl (C=O) groups excluding carboxylic acids is 2. The molecule has 0 saturated carbocycles. The molecule has 27 heavy (non-hydrogen) atoms. The predicted octanol–water partition coefficient (Wildman–Crippen LogP) is 4.45. The summed E-state index contributed by atoms with van der Waals surface area (Å²) >= 11 is 5.97. The van der Waals surface area contributed by atoms with Crippen LogP contribution in [0.4, 0.5) is 5.69 Å². The molecule has 0 aliphatic carbocycles. The van der Waals surface area contributed by atoms with Crippen LogP contribution < -0.4 is 5.32 Å². The van der Waals surface area contributed by atoms with E-state index in [1.165, 1.54) is 13.0 Å². The van der Waals surface area contributed by atoms with E-state index in [2.05, 4.69) is 5.32 Å². The fourth-order valence-corrected chi connectivity index (χ4v) is 2.74. The summed E-state index contributed by atoms with van der Waals surface area (Å²) in [5.74, 6) is -1.23. The normalized spacial score (nSPS) is 11.6. The third kappa shape index (κ3) is 3.94. The summed E-state index contributed by atoms with van der Waals surface area (Å²) in [6, 6.07) is 13.4. The third-order valence-electron chi connectivity index (χ3n) is 4.00. The number of fused-ring (bicyclic) bond motifs is 1. The average molecular weight is 383 g/mol. The van der Waals surface area contributed by atoms with Gasteiger partial charge in [-0.2, -0.15) is 5.26 Å². The maximum atomic E-state index is 12.4. The van der Waals surface area contributed by atoms with E-state index >= 15 is 0 Å². The SMILES string of the molecule is Cc1c(C(=O)O[C@H](C)C(=O)Nc2cccc(C#N)c2)oc2ccc(Cl)cc12. The largest absolute Gasteiger partial charge is 0.449 e. The first-order valence-electron chi connectivity index (χ1n) is 8.09. The van der Waals surface area contributed by atoms with Gasteiger partial charge in [-0.15, -0.1) is 0 Å². The molecule has 0 unspecified atom stereocenters. The Kier molecular flexibility index (Phi) is 5.15. The van der Waals surface area contributed by atoms with Gasteiger partial charge < -0.3 is 14.5 Å². The minimum absolute atomic E-state index is 0.0263. The number of nitriles is 1. The minimum Gasteiger partial charge on any atom is -0.449 e. The third-order valence-corrected chi connectivity index (χ3v) is 4.23. The van der Waals surface area contributed by atoms with Crippen LogP contribution in [-0.2, 0) is 9.53 Å². The van der Waals surface area contributed by atoms with Crippen LogP contribution in [0.3, 0.4) is 0 Å². The van der Waals surface area contributed by atoms with Gasteiger partial charge in [0.25, 0.3) is 5.91 Å². The van der Waals surface area contributed by atoms with Crippen LogP contribution >= 0.6 is 11.6 Å². The number of halogens is 1. The average Bonchev–Trinajstić information content (AvgIpc) is 2.98. The Labute approximate surface area is 160 Å². The number of carbonyl (C=O) groups is 2. The number of benzene rings is 2. The highest BCUT2D eigenvalue weighted by Crippen LogP contribution is 2.28. The Balaban J connectivity index is 1.72. The Bertz CT molecular complexity index is 1080. The first-order valence-corrected chi connectivity index (χ1v) is 8.47. The van der Waals surface area contributed by atoms with Crippen LogP contribution in [0.1, 0.15) is 28.6 Å². The summed E-state index contributed by atoms with van der Waals surface area (Å²) < 4.78 is 10.8. The monoisotopic (exact) mass is 382 g/mol. The lowest BCUT2D eigenvalue weighted by Gasteiger charge is -2.13. The number of hydrogen-bond donors (Lipinski definition) is 1. The van der Waals surface area contributed by atoms with Gasteiger partial charge in [0, 0.05) is 21.7 Å². The maximum Gasteiger partial charge on any atom is 0.375 e. The molecule has 136 valence electrons. The smallest absolute Gasteiger partial charge is 0.375 e. The van der Waals surface area contributed by atoms with E-state index in [1.54, 1.807) is 43.3 Å². The standard InChI is InChI=1S/C20H15ClN2O4/c1-11-16-9-14(21)6-7-17(16)27-18(11)20(25)26-12(2)19(24)23-15-5-3-4-13(8-15)10-22/h3-9,12H,1-2H3,(H,23,24)/t12-/m1/s1. The second kappa shape index (κ2) is 7.52. The van der Waals surface area contributed by atoms with E-state index in [4.69, 9.17) is 26.0 Å². The van der Waals surface area contributed by atoms with Crippen LogP contribution in [0.25, 0.3) is 11.0 Å². The Hall–Kier alpha value is -3.30. The molecular formula is C20H15ClN2O4. The highest BCUT2D eigenvalue weighted by molar-refractivity contribution is 6.31. The van der Waals surface area contributed by atoms with E-state index in [1.807, 2.05) is 6.07 Å². The molecule has 1 aromatic heterocycles. The molecule has 0 fully saturated rings. The molecule has 1 heterocycles. The summed E-state index contributed by atoms with van der Waals surface area (Å²) in [5.41, 5.74) is 1.95. The van der Waals surface area contributed by atoms with Crippen molar-refractivity contribution in [2.45, 2.75) is 20.0 Å². The predicted molar refractivity (Wildman–Crippen MR) is 101 cm³/mol. The lowest BCUT2D eigenvalue weighted by Crippen LogP contribution is -2.30. The van der Waals surface area contributed by atoms with Crippen LogP contribution in [0.5, 0.6) is 0 Å². The van der Waals surface area contributed by atoms with Crippen LogP contribution in [0, 0.1) is 18.3 Å². The number of esters is 1. The highest BCUT2D eigenvalue weighted by atomic mass is 35.5. The van der Waals surface area contributed by atoms with E-state index < -0.39 is 18.0 Å². The van der Waals surface area contributed by atoms with Gasteiger partial charge >= 0.3 is 5.97 Å². The summed E-state index contributed by atoms with van der Waals surface area (Å²) in [6.45, 7) is 3.17. The van der Waals surface area contributed by atoms with Crippen molar-refractivity contribution in [2.75, 3.05) is 5.32 Å². The molecule has 0 bridgehead atoms. The molecule has 1 amide bonds. The molecular weight excluding hydrogens is 368 g/mol. The zero-order valence-electron chi connectivity index (χ0n) is 14.6. The molecule has 0 aliphatic rings. The summed E-state index contributed by atoms with van der Waals surface area (Å²) in [5, 5.41) is 12.7. The molecule has 7 heteroatoms. The Morgan fingerprint density at radius 3 is 2.78 bits per heavy atom. The number of nitrogens with zero attached hydrogens (tertiary/aromatic N) is 1. The van der Waals surface area contributed by atoms with Crippen molar-refractivity contribution in [1.29, 1.82) is 5.26 Å². The van der Waals surface area contributed by atoms with Crippen LogP contribution in [-0.4, -0.2) is 18.0 Å². The molecule has 0 radical (unpaired) electrons. The van der Waals surface area contributed by atoms with Crippen molar-refractivity contribution in [3.05, 3.63) is 64.4 Å². The summed E-state index contributed by atoms with van der Waals surface area (Å²) in [7, 11) is 0. The van der Waals surface area contributed by atoms with Gasteiger partial charge in [-0.25, -0.2) is 4.79 Å². The minimum atomic E-state index is -1.06. The van der Waals surface area contributed by atoms with E-state index in [9.17, 15) is 9.59 Å². The van der Waals surface area contributed by atoms with Gasteiger partial charge in [0.05, 0.1) is 11.6 Å². The molecule has 3 rings (SSSR count). The second-order valence-corrected chi connectivity index (χ2v) is 6.36. The topological polar surface area (TPSA) is 92.3 Å². The first kappa shape index (κ1) is 18.5. The summed E-state index contributed by atoms with van der Waals surface area (Å²) in [6.07, 6.45) is -1.06.